The first-order valence-electron chi connectivity index (χ1n) is 8.22. The number of aryl methyl sites for hydroxylation is 2. The highest BCUT2D eigenvalue weighted by molar-refractivity contribution is 6.33. The molecule has 4 nitrogen and oxygen atoms in total. The molecule has 4 rings (SSSR count). The van der Waals surface area contributed by atoms with Crippen LogP contribution in [0.25, 0.3) is 11.0 Å². The van der Waals surface area contributed by atoms with E-state index in [0.717, 1.165) is 30.7 Å². The van der Waals surface area contributed by atoms with Crippen LogP contribution in [-0.2, 0) is 24.2 Å². The number of carbonyl (C=O) groups excluding carboxylic acids is 1. The normalized spacial score (nSPS) is 13.0. The Kier molecular flexibility index (Phi) is 4.24. The summed E-state index contributed by atoms with van der Waals surface area (Å²) in [5, 5.41) is 0.697. The second kappa shape index (κ2) is 6.57. The van der Waals surface area contributed by atoms with Gasteiger partial charge in [-0.05, 0) is 54.7 Å². The van der Waals surface area contributed by atoms with Crippen molar-refractivity contribution in [3.8, 4) is 0 Å². The average Bonchev–Trinajstić information content (AvgIpc) is 3.05. The minimum Gasteiger partial charge on any atom is -0.457 e. The predicted molar refractivity (Wildman–Crippen MR) is 95.0 cm³/mol. The largest absolute Gasteiger partial charge is 0.457 e. The van der Waals surface area contributed by atoms with Gasteiger partial charge in [-0.3, -0.25) is 0 Å². The van der Waals surface area contributed by atoms with Gasteiger partial charge in [0.15, 0.2) is 0 Å². The second-order valence-corrected chi connectivity index (χ2v) is 6.64. The van der Waals surface area contributed by atoms with Crippen molar-refractivity contribution in [3.63, 3.8) is 0 Å². The summed E-state index contributed by atoms with van der Waals surface area (Å²) < 4.78 is 24.3. The second-order valence-electron chi connectivity index (χ2n) is 6.23. The maximum atomic E-state index is 13.8. The molecule has 0 fully saturated rings. The Morgan fingerprint density at radius 1 is 1.19 bits per heavy atom. The molecule has 0 saturated carbocycles. The highest BCUT2D eigenvalue weighted by Gasteiger charge is 2.19. The van der Waals surface area contributed by atoms with Gasteiger partial charge in [0.2, 0.25) is 0 Å². The first kappa shape index (κ1) is 16.8. The van der Waals surface area contributed by atoms with Crippen LogP contribution in [0.15, 0.2) is 45.6 Å². The van der Waals surface area contributed by atoms with Gasteiger partial charge in [0.05, 0.1) is 5.02 Å². The molecular weight excluding hydrogens is 359 g/mol. The van der Waals surface area contributed by atoms with E-state index in [2.05, 4.69) is 0 Å². The topological polar surface area (TPSA) is 56.5 Å². The van der Waals surface area contributed by atoms with Gasteiger partial charge in [-0.15, -0.1) is 0 Å². The van der Waals surface area contributed by atoms with E-state index in [-0.39, 0.29) is 17.2 Å². The smallest absolute Gasteiger partial charge is 0.342 e. The molecular formula is C20H14ClFO4. The van der Waals surface area contributed by atoms with Crippen LogP contribution < -0.4 is 5.63 Å². The van der Waals surface area contributed by atoms with Gasteiger partial charge >= 0.3 is 11.6 Å². The van der Waals surface area contributed by atoms with Crippen molar-refractivity contribution in [2.24, 2.45) is 0 Å². The molecule has 3 aromatic rings. The van der Waals surface area contributed by atoms with E-state index in [1.807, 2.05) is 12.1 Å². The van der Waals surface area contributed by atoms with Crippen LogP contribution in [0, 0.1) is 5.82 Å². The molecule has 0 radical (unpaired) electrons. The lowest BCUT2D eigenvalue weighted by Crippen LogP contribution is -2.10. The van der Waals surface area contributed by atoms with Gasteiger partial charge in [0.25, 0.3) is 0 Å². The van der Waals surface area contributed by atoms with E-state index >= 15 is 0 Å². The van der Waals surface area contributed by atoms with Crippen LogP contribution in [0.3, 0.4) is 0 Å². The van der Waals surface area contributed by atoms with Gasteiger partial charge in [-0.25, -0.2) is 14.0 Å². The molecule has 0 unspecified atom stereocenters. The van der Waals surface area contributed by atoms with Crippen LogP contribution in [-0.4, -0.2) is 5.97 Å². The van der Waals surface area contributed by atoms with E-state index in [1.54, 1.807) is 0 Å². The number of fused-ring (bicyclic) bond motifs is 2. The minimum atomic E-state index is -0.879. The van der Waals surface area contributed by atoms with Crippen molar-refractivity contribution < 1.29 is 18.3 Å². The summed E-state index contributed by atoms with van der Waals surface area (Å²) in [6.45, 7) is -0.176. The van der Waals surface area contributed by atoms with Crippen molar-refractivity contribution in [1.82, 2.24) is 0 Å². The molecule has 0 saturated heterocycles. The standard InChI is InChI=1S/C20H14ClFO4/c21-15-5-2-6-16(22)19(15)20(24)25-10-13-9-18(23)26-17-8-12-4-1-3-11(12)7-14(13)17/h2,5-9H,1,3-4,10H2. The molecule has 26 heavy (non-hydrogen) atoms. The Morgan fingerprint density at radius 2 is 1.96 bits per heavy atom. The third-order valence-corrected chi connectivity index (χ3v) is 4.88. The Labute approximate surface area is 153 Å². The summed E-state index contributed by atoms with van der Waals surface area (Å²) in [6, 6.07) is 9.10. The number of hydrogen-bond acceptors (Lipinski definition) is 4. The number of benzene rings is 2. The van der Waals surface area contributed by atoms with E-state index in [1.165, 1.54) is 29.3 Å². The van der Waals surface area contributed by atoms with Crippen molar-refractivity contribution in [2.45, 2.75) is 25.9 Å². The third-order valence-electron chi connectivity index (χ3n) is 4.57. The zero-order valence-electron chi connectivity index (χ0n) is 13.7. The first-order chi connectivity index (χ1) is 12.5. The summed E-state index contributed by atoms with van der Waals surface area (Å²) in [6.07, 6.45) is 2.99. The van der Waals surface area contributed by atoms with Crippen molar-refractivity contribution in [3.05, 3.63) is 79.9 Å². The molecule has 1 aliphatic carbocycles. The van der Waals surface area contributed by atoms with E-state index in [4.69, 9.17) is 20.8 Å². The van der Waals surface area contributed by atoms with E-state index in [0.29, 0.717) is 11.1 Å². The molecule has 6 heteroatoms. The SMILES string of the molecule is O=C(OCc1cc(=O)oc2cc3c(cc12)CCC3)c1c(F)cccc1Cl. The zero-order chi connectivity index (χ0) is 18.3. The average molecular weight is 373 g/mol. The molecule has 2 aromatic carbocycles. The van der Waals surface area contributed by atoms with E-state index in [9.17, 15) is 14.0 Å². The molecule has 0 amide bonds. The molecule has 0 N–H and O–H groups in total. The van der Waals surface area contributed by atoms with Gasteiger partial charge in [-0.1, -0.05) is 17.7 Å². The number of halogens is 2. The first-order valence-corrected chi connectivity index (χ1v) is 8.60. The summed E-state index contributed by atoms with van der Waals surface area (Å²) >= 11 is 5.88. The Bertz CT molecular complexity index is 1070. The fraction of sp³-hybridized carbons (Fsp3) is 0.200. The molecule has 0 spiro atoms. The summed E-state index contributed by atoms with van der Waals surface area (Å²) in [4.78, 5) is 24.1. The minimum absolute atomic E-state index is 0.0229. The fourth-order valence-corrected chi connectivity index (χ4v) is 3.56. The van der Waals surface area contributed by atoms with Crippen molar-refractivity contribution in [1.29, 1.82) is 0 Å². The van der Waals surface area contributed by atoms with Gasteiger partial charge in [0, 0.05) is 17.0 Å². The maximum Gasteiger partial charge on any atom is 0.342 e. The molecule has 132 valence electrons. The van der Waals surface area contributed by atoms with Crippen LogP contribution in [0.4, 0.5) is 4.39 Å². The van der Waals surface area contributed by atoms with Crippen molar-refractivity contribution in [2.75, 3.05) is 0 Å². The Balaban J connectivity index is 1.67. The van der Waals surface area contributed by atoms with Gasteiger partial charge in [-0.2, -0.15) is 0 Å². The number of carbonyl (C=O) groups is 1. The lowest BCUT2D eigenvalue weighted by atomic mass is 10.0. The third kappa shape index (κ3) is 2.99. The summed E-state index contributed by atoms with van der Waals surface area (Å²) in [5.41, 5.74) is 2.52. The Morgan fingerprint density at radius 3 is 2.73 bits per heavy atom. The number of hydrogen-bond donors (Lipinski definition) is 0. The Hall–Kier alpha value is -2.66. The molecule has 1 aromatic heterocycles. The fourth-order valence-electron chi connectivity index (χ4n) is 3.32. The summed E-state index contributed by atoms with van der Waals surface area (Å²) in [5.74, 6) is -1.63. The molecule has 0 aliphatic heterocycles. The van der Waals surface area contributed by atoms with Gasteiger partial charge < -0.3 is 9.15 Å². The monoisotopic (exact) mass is 372 g/mol. The lowest BCUT2D eigenvalue weighted by Gasteiger charge is -2.10. The molecule has 0 atom stereocenters. The van der Waals surface area contributed by atoms with Crippen LogP contribution in [0.2, 0.25) is 5.02 Å². The quantitative estimate of drug-likeness (QED) is 0.504. The van der Waals surface area contributed by atoms with Crippen molar-refractivity contribution >= 4 is 28.5 Å². The highest BCUT2D eigenvalue weighted by Crippen LogP contribution is 2.29. The summed E-state index contributed by atoms with van der Waals surface area (Å²) in [7, 11) is 0. The molecule has 1 aliphatic rings. The molecule has 0 bridgehead atoms. The van der Waals surface area contributed by atoms with Crippen LogP contribution in [0.5, 0.6) is 0 Å². The van der Waals surface area contributed by atoms with Crippen LogP contribution in [0.1, 0.15) is 33.5 Å². The molecule has 1 heterocycles. The van der Waals surface area contributed by atoms with E-state index < -0.39 is 17.4 Å². The van der Waals surface area contributed by atoms with Crippen LogP contribution >= 0.6 is 11.6 Å². The zero-order valence-corrected chi connectivity index (χ0v) is 14.4. The number of ether oxygens (including phenoxy) is 1. The lowest BCUT2D eigenvalue weighted by molar-refractivity contribution is 0.0468. The maximum absolute atomic E-state index is 13.8. The predicted octanol–water partition coefficient (Wildman–Crippen LogP) is 4.43. The number of esters is 1. The van der Waals surface area contributed by atoms with Gasteiger partial charge in [0.1, 0.15) is 23.6 Å². The highest BCUT2D eigenvalue weighted by atomic mass is 35.5. The number of rotatable bonds is 3.